The van der Waals surface area contributed by atoms with Gasteiger partial charge in [0.1, 0.15) is 6.04 Å². The predicted molar refractivity (Wildman–Crippen MR) is 60.5 cm³/mol. The lowest BCUT2D eigenvalue weighted by Gasteiger charge is -2.23. The van der Waals surface area contributed by atoms with Crippen molar-refractivity contribution in [1.82, 2.24) is 10.6 Å². The average molecular weight is 233 g/mol. The summed E-state index contributed by atoms with van der Waals surface area (Å²) in [4.78, 5) is 21.9. The lowest BCUT2D eigenvalue weighted by atomic mass is 10.0. The summed E-state index contributed by atoms with van der Waals surface area (Å²) in [5, 5.41) is 16.0. The monoisotopic (exact) mass is 233 g/mol. The smallest absolute Gasteiger partial charge is 0.320 e. The second kappa shape index (κ2) is 4.25. The lowest BCUT2D eigenvalue weighted by Crippen LogP contribution is -2.44. The fourth-order valence-electron chi connectivity index (χ4n) is 1.82. The van der Waals surface area contributed by atoms with Gasteiger partial charge in [0, 0.05) is 0 Å². The molecule has 1 aliphatic heterocycles. The van der Waals surface area contributed by atoms with Crippen LogP contribution in [-0.4, -0.2) is 11.0 Å². The van der Waals surface area contributed by atoms with E-state index in [-0.39, 0.29) is 11.4 Å². The number of allylic oxidation sites excluding steroid dienone is 1. The van der Waals surface area contributed by atoms with Crippen molar-refractivity contribution in [2.75, 3.05) is 0 Å². The topological polar surface area (TPSA) is 84.3 Å². The quantitative estimate of drug-likeness (QED) is 0.600. The highest BCUT2D eigenvalue weighted by atomic mass is 16.6. The number of rotatable bonds is 2. The fraction of sp³-hybridized carbons (Fsp3) is 0.182. The SMILES string of the molecule is CC1=C([N+](=O)[O-])[C@@H](c2ccccc2)NC(=O)N1. The normalized spacial score (nSPS) is 19.6. The summed E-state index contributed by atoms with van der Waals surface area (Å²) in [6.45, 7) is 1.52. The number of nitro groups is 1. The number of nitrogens with zero attached hydrogens (tertiary/aromatic N) is 1. The lowest BCUT2D eigenvalue weighted by molar-refractivity contribution is -0.432. The van der Waals surface area contributed by atoms with Crippen LogP contribution < -0.4 is 10.6 Å². The number of benzene rings is 1. The number of urea groups is 1. The van der Waals surface area contributed by atoms with Gasteiger partial charge in [-0.15, -0.1) is 0 Å². The van der Waals surface area contributed by atoms with Crippen molar-refractivity contribution in [2.45, 2.75) is 13.0 Å². The molecule has 0 saturated heterocycles. The molecule has 17 heavy (non-hydrogen) atoms. The van der Waals surface area contributed by atoms with Gasteiger partial charge in [-0.3, -0.25) is 10.1 Å². The Morgan fingerprint density at radius 2 is 1.94 bits per heavy atom. The van der Waals surface area contributed by atoms with E-state index in [1.807, 2.05) is 6.07 Å². The third-order valence-electron chi connectivity index (χ3n) is 2.56. The van der Waals surface area contributed by atoms with Crippen LogP contribution in [0.25, 0.3) is 0 Å². The van der Waals surface area contributed by atoms with Gasteiger partial charge < -0.3 is 10.6 Å². The molecular formula is C11H11N3O3. The molecule has 88 valence electrons. The summed E-state index contributed by atoms with van der Waals surface area (Å²) < 4.78 is 0. The molecule has 0 aromatic heterocycles. The van der Waals surface area contributed by atoms with Gasteiger partial charge in [-0.25, -0.2) is 4.79 Å². The summed E-state index contributed by atoms with van der Waals surface area (Å²) in [5.41, 5.74) is 0.928. The van der Waals surface area contributed by atoms with Gasteiger partial charge in [-0.05, 0) is 12.5 Å². The molecule has 2 rings (SSSR count). The molecular weight excluding hydrogens is 222 g/mol. The fourth-order valence-corrected chi connectivity index (χ4v) is 1.82. The molecule has 0 bridgehead atoms. The Hall–Kier alpha value is -2.37. The molecule has 0 unspecified atom stereocenters. The van der Waals surface area contributed by atoms with Gasteiger partial charge in [0.15, 0.2) is 0 Å². The van der Waals surface area contributed by atoms with Gasteiger partial charge in [0.05, 0.1) is 10.6 Å². The maximum Gasteiger partial charge on any atom is 0.320 e. The van der Waals surface area contributed by atoms with Crippen LogP contribution in [0.1, 0.15) is 18.5 Å². The largest absolute Gasteiger partial charge is 0.321 e. The Bertz CT molecular complexity index is 496. The maximum absolute atomic E-state index is 11.3. The predicted octanol–water partition coefficient (Wildman–Crippen LogP) is 1.55. The van der Waals surface area contributed by atoms with E-state index >= 15 is 0 Å². The highest BCUT2D eigenvalue weighted by Crippen LogP contribution is 2.26. The van der Waals surface area contributed by atoms with E-state index in [1.54, 1.807) is 24.3 Å². The summed E-state index contributed by atoms with van der Waals surface area (Å²) in [5.74, 6) is 0. The van der Waals surface area contributed by atoms with Crippen molar-refractivity contribution in [3.63, 3.8) is 0 Å². The van der Waals surface area contributed by atoms with Crippen LogP contribution in [-0.2, 0) is 0 Å². The first-order chi connectivity index (χ1) is 8.09. The van der Waals surface area contributed by atoms with Crippen molar-refractivity contribution in [2.24, 2.45) is 0 Å². The van der Waals surface area contributed by atoms with Gasteiger partial charge in [0.2, 0.25) is 0 Å². The van der Waals surface area contributed by atoms with Crippen molar-refractivity contribution in [3.8, 4) is 0 Å². The second-order valence-electron chi connectivity index (χ2n) is 3.71. The zero-order chi connectivity index (χ0) is 12.4. The number of nitrogens with one attached hydrogen (secondary N) is 2. The zero-order valence-electron chi connectivity index (χ0n) is 9.14. The first-order valence-corrected chi connectivity index (χ1v) is 5.07. The van der Waals surface area contributed by atoms with Gasteiger partial charge >= 0.3 is 6.03 Å². The summed E-state index contributed by atoms with van der Waals surface area (Å²) >= 11 is 0. The third kappa shape index (κ3) is 2.10. The molecule has 1 aromatic rings. The van der Waals surface area contributed by atoms with Crippen molar-refractivity contribution < 1.29 is 9.72 Å². The van der Waals surface area contributed by atoms with E-state index < -0.39 is 17.0 Å². The Kier molecular flexibility index (Phi) is 2.78. The van der Waals surface area contributed by atoms with Gasteiger partial charge in [0.25, 0.3) is 5.70 Å². The summed E-state index contributed by atoms with van der Waals surface area (Å²) in [6.07, 6.45) is 0. The van der Waals surface area contributed by atoms with Gasteiger partial charge in [-0.2, -0.15) is 0 Å². The molecule has 6 heteroatoms. The summed E-state index contributed by atoms with van der Waals surface area (Å²) in [6, 6.07) is 7.71. The van der Waals surface area contributed by atoms with Crippen molar-refractivity contribution in [3.05, 3.63) is 57.4 Å². The number of carbonyl (C=O) groups is 1. The second-order valence-corrected chi connectivity index (χ2v) is 3.71. The van der Waals surface area contributed by atoms with E-state index in [0.717, 1.165) is 0 Å². The molecule has 2 N–H and O–H groups in total. The molecule has 0 radical (unpaired) electrons. The Morgan fingerprint density at radius 3 is 2.53 bits per heavy atom. The Balaban J connectivity index is 2.47. The average Bonchev–Trinajstić information content (AvgIpc) is 2.28. The van der Waals surface area contributed by atoms with Crippen molar-refractivity contribution in [1.29, 1.82) is 0 Å². The first kappa shape index (κ1) is 11.1. The standard InChI is InChI=1S/C11H11N3O3/c1-7-10(14(16)17)9(13-11(15)12-7)8-5-3-2-4-6-8/h2-6,9H,1H3,(H2,12,13,15)/t9-/m1/s1. The Labute approximate surface area is 97.5 Å². The highest BCUT2D eigenvalue weighted by molar-refractivity contribution is 5.78. The zero-order valence-corrected chi connectivity index (χ0v) is 9.14. The minimum absolute atomic E-state index is 0.0317. The summed E-state index contributed by atoms with van der Waals surface area (Å²) in [7, 11) is 0. The van der Waals surface area contributed by atoms with Crippen molar-refractivity contribution >= 4 is 6.03 Å². The number of carbonyl (C=O) groups excluding carboxylic acids is 1. The van der Waals surface area contributed by atoms with E-state index in [2.05, 4.69) is 10.6 Å². The highest BCUT2D eigenvalue weighted by Gasteiger charge is 2.34. The maximum atomic E-state index is 11.3. The minimum Gasteiger partial charge on any atom is -0.321 e. The van der Waals surface area contributed by atoms with E-state index in [9.17, 15) is 14.9 Å². The van der Waals surface area contributed by atoms with Crippen LogP contribution in [0.3, 0.4) is 0 Å². The third-order valence-corrected chi connectivity index (χ3v) is 2.56. The van der Waals surface area contributed by atoms with Crippen LogP contribution in [0.5, 0.6) is 0 Å². The van der Waals surface area contributed by atoms with Gasteiger partial charge in [-0.1, -0.05) is 30.3 Å². The van der Waals surface area contributed by atoms with Crippen LogP contribution >= 0.6 is 0 Å². The number of hydrogen-bond acceptors (Lipinski definition) is 3. The number of hydrogen-bond donors (Lipinski definition) is 2. The molecule has 1 heterocycles. The first-order valence-electron chi connectivity index (χ1n) is 5.07. The molecule has 6 nitrogen and oxygen atoms in total. The van der Waals surface area contributed by atoms with Crippen LogP contribution in [0.4, 0.5) is 4.79 Å². The molecule has 1 aliphatic rings. The minimum atomic E-state index is -0.708. The van der Waals surface area contributed by atoms with Crippen LogP contribution in [0.15, 0.2) is 41.7 Å². The molecule has 0 fully saturated rings. The molecule has 0 saturated carbocycles. The molecule has 0 aliphatic carbocycles. The molecule has 1 atom stereocenters. The Morgan fingerprint density at radius 1 is 1.29 bits per heavy atom. The molecule has 1 aromatic carbocycles. The molecule has 2 amide bonds. The van der Waals surface area contributed by atoms with E-state index in [1.165, 1.54) is 6.92 Å². The van der Waals surface area contributed by atoms with Crippen LogP contribution in [0.2, 0.25) is 0 Å². The molecule has 0 spiro atoms. The van der Waals surface area contributed by atoms with Crippen LogP contribution in [0, 0.1) is 10.1 Å². The van der Waals surface area contributed by atoms with E-state index in [0.29, 0.717) is 5.56 Å². The number of amides is 2. The van der Waals surface area contributed by atoms with E-state index in [4.69, 9.17) is 0 Å².